The third-order valence-electron chi connectivity index (χ3n) is 2.04. The van der Waals surface area contributed by atoms with Crippen LogP contribution in [-0.4, -0.2) is 11.9 Å². The number of hydrogen-bond donors (Lipinski definition) is 1. The van der Waals surface area contributed by atoms with Crippen LogP contribution in [0.4, 0.5) is 0 Å². The van der Waals surface area contributed by atoms with Gasteiger partial charge in [0.15, 0.2) is 0 Å². The van der Waals surface area contributed by atoms with Crippen molar-refractivity contribution in [2.75, 3.05) is 0 Å². The van der Waals surface area contributed by atoms with E-state index in [1.165, 1.54) is 0 Å². The summed E-state index contributed by atoms with van der Waals surface area (Å²) >= 11 is 1.63. The molecule has 0 radical (unpaired) electrons. The van der Waals surface area contributed by atoms with Gasteiger partial charge < -0.3 is 5.32 Å². The van der Waals surface area contributed by atoms with Gasteiger partial charge in [0, 0.05) is 10.9 Å². The fourth-order valence-electron chi connectivity index (χ4n) is 1.40. The minimum atomic E-state index is 0.133. The van der Waals surface area contributed by atoms with Crippen LogP contribution < -0.4 is 5.32 Å². The molecule has 0 aliphatic heterocycles. The van der Waals surface area contributed by atoms with E-state index in [2.05, 4.69) is 19.2 Å². The molecular formula is C11H17NOS. The smallest absolute Gasteiger partial charge is 0.225 e. The van der Waals surface area contributed by atoms with Gasteiger partial charge in [-0.15, -0.1) is 11.3 Å². The number of nitrogens with one attached hydrogen (secondary N) is 1. The molecule has 1 heterocycles. The number of carbonyl (C=O) groups is 1. The monoisotopic (exact) mass is 211 g/mol. The van der Waals surface area contributed by atoms with Gasteiger partial charge in [-0.1, -0.05) is 19.4 Å². The van der Waals surface area contributed by atoms with Gasteiger partial charge in [0.05, 0.1) is 6.42 Å². The maximum Gasteiger partial charge on any atom is 0.225 e. The average molecular weight is 211 g/mol. The zero-order chi connectivity index (χ0) is 10.4. The lowest BCUT2D eigenvalue weighted by Gasteiger charge is -2.11. The Hall–Kier alpha value is -0.830. The molecular weight excluding hydrogens is 194 g/mol. The second-order valence-corrected chi connectivity index (χ2v) is 4.55. The number of thiophene rings is 1. The number of hydrogen-bond acceptors (Lipinski definition) is 2. The summed E-state index contributed by atoms with van der Waals surface area (Å²) in [6, 6.07) is 4.27. The highest BCUT2D eigenvalue weighted by Crippen LogP contribution is 2.09. The molecule has 1 aromatic rings. The molecule has 1 aromatic heterocycles. The molecule has 1 rings (SSSR count). The fraction of sp³-hybridized carbons (Fsp3) is 0.545. The van der Waals surface area contributed by atoms with Gasteiger partial charge in [-0.2, -0.15) is 0 Å². The second-order valence-electron chi connectivity index (χ2n) is 3.51. The third-order valence-corrected chi connectivity index (χ3v) is 2.92. The van der Waals surface area contributed by atoms with Crippen LogP contribution in [0, 0.1) is 0 Å². The average Bonchev–Trinajstić information content (AvgIpc) is 2.56. The van der Waals surface area contributed by atoms with Gasteiger partial charge in [-0.3, -0.25) is 4.79 Å². The van der Waals surface area contributed by atoms with Crippen LogP contribution in [0.25, 0.3) is 0 Å². The number of carbonyl (C=O) groups excluding carboxylic acids is 1. The van der Waals surface area contributed by atoms with E-state index >= 15 is 0 Å². The van der Waals surface area contributed by atoms with Crippen molar-refractivity contribution in [2.45, 2.75) is 39.2 Å². The van der Waals surface area contributed by atoms with E-state index in [0.29, 0.717) is 12.5 Å². The largest absolute Gasteiger partial charge is 0.353 e. The summed E-state index contributed by atoms with van der Waals surface area (Å²) < 4.78 is 0. The van der Waals surface area contributed by atoms with Crippen molar-refractivity contribution in [3.8, 4) is 0 Å². The van der Waals surface area contributed by atoms with Crippen LogP contribution in [0.3, 0.4) is 0 Å². The molecule has 1 N–H and O–H groups in total. The van der Waals surface area contributed by atoms with Crippen molar-refractivity contribution >= 4 is 17.2 Å². The normalized spacial score (nSPS) is 12.4. The van der Waals surface area contributed by atoms with Crippen molar-refractivity contribution in [1.82, 2.24) is 5.32 Å². The molecule has 0 aliphatic carbocycles. The van der Waals surface area contributed by atoms with Gasteiger partial charge in [0.1, 0.15) is 0 Å². The topological polar surface area (TPSA) is 29.1 Å². The Bertz CT molecular complexity index is 269. The van der Waals surface area contributed by atoms with E-state index in [0.717, 1.165) is 17.7 Å². The Labute approximate surface area is 89.3 Å². The van der Waals surface area contributed by atoms with Crippen LogP contribution in [0.1, 0.15) is 31.6 Å². The van der Waals surface area contributed by atoms with E-state index in [1.54, 1.807) is 11.3 Å². The predicted octanol–water partition coefficient (Wildman–Crippen LogP) is 2.60. The van der Waals surface area contributed by atoms with Crippen molar-refractivity contribution in [3.05, 3.63) is 22.4 Å². The Balaban J connectivity index is 2.29. The standard InChI is InChI=1S/C11H17NOS/c1-3-5-9(2)12-11(13)8-10-6-4-7-14-10/h4,6-7,9H,3,5,8H2,1-2H3,(H,12,13)/t9-/m0/s1. The molecule has 1 atom stereocenters. The number of amides is 1. The Morgan fingerprint density at radius 3 is 3.00 bits per heavy atom. The highest BCUT2D eigenvalue weighted by atomic mass is 32.1. The van der Waals surface area contributed by atoms with E-state index < -0.39 is 0 Å². The molecule has 14 heavy (non-hydrogen) atoms. The summed E-state index contributed by atoms with van der Waals surface area (Å²) in [5.41, 5.74) is 0. The minimum Gasteiger partial charge on any atom is -0.353 e. The molecule has 0 saturated heterocycles. The van der Waals surface area contributed by atoms with Gasteiger partial charge in [0.25, 0.3) is 0 Å². The van der Waals surface area contributed by atoms with Gasteiger partial charge >= 0.3 is 0 Å². The summed E-state index contributed by atoms with van der Waals surface area (Å²) in [5, 5.41) is 4.98. The maximum absolute atomic E-state index is 11.5. The molecule has 0 bridgehead atoms. The highest BCUT2D eigenvalue weighted by Gasteiger charge is 2.07. The van der Waals surface area contributed by atoms with Crippen LogP contribution in [0.15, 0.2) is 17.5 Å². The van der Waals surface area contributed by atoms with E-state index in [-0.39, 0.29) is 5.91 Å². The quantitative estimate of drug-likeness (QED) is 0.797. The first-order valence-electron chi connectivity index (χ1n) is 5.04. The first-order valence-corrected chi connectivity index (χ1v) is 5.92. The lowest BCUT2D eigenvalue weighted by Crippen LogP contribution is -2.33. The fourth-order valence-corrected chi connectivity index (χ4v) is 2.11. The summed E-state index contributed by atoms with van der Waals surface area (Å²) in [7, 11) is 0. The molecule has 1 amide bonds. The van der Waals surface area contributed by atoms with Gasteiger partial charge in [-0.05, 0) is 24.8 Å². The van der Waals surface area contributed by atoms with Crippen LogP contribution in [0.5, 0.6) is 0 Å². The molecule has 0 saturated carbocycles. The van der Waals surface area contributed by atoms with Gasteiger partial charge in [0.2, 0.25) is 5.91 Å². The first kappa shape index (κ1) is 11.2. The zero-order valence-corrected chi connectivity index (χ0v) is 9.56. The molecule has 78 valence electrons. The molecule has 0 unspecified atom stereocenters. The molecule has 0 spiro atoms. The van der Waals surface area contributed by atoms with Crippen molar-refractivity contribution in [3.63, 3.8) is 0 Å². The second kappa shape index (κ2) is 5.81. The Morgan fingerprint density at radius 2 is 2.43 bits per heavy atom. The van der Waals surface area contributed by atoms with E-state index in [4.69, 9.17) is 0 Å². The summed E-state index contributed by atoms with van der Waals surface area (Å²) in [6.07, 6.45) is 2.68. The summed E-state index contributed by atoms with van der Waals surface area (Å²) in [4.78, 5) is 12.6. The zero-order valence-electron chi connectivity index (χ0n) is 8.75. The third kappa shape index (κ3) is 3.92. The summed E-state index contributed by atoms with van der Waals surface area (Å²) in [5.74, 6) is 0.133. The van der Waals surface area contributed by atoms with Crippen molar-refractivity contribution in [2.24, 2.45) is 0 Å². The SMILES string of the molecule is CCC[C@H](C)NC(=O)Cc1cccs1. The molecule has 2 nitrogen and oxygen atoms in total. The van der Waals surface area contributed by atoms with E-state index in [9.17, 15) is 4.79 Å². The van der Waals surface area contributed by atoms with Crippen molar-refractivity contribution < 1.29 is 4.79 Å². The first-order chi connectivity index (χ1) is 6.72. The van der Waals surface area contributed by atoms with Crippen LogP contribution in [-0.2, 0) is 11.2 Å². The molecule has 0 aliphatic rings. The van der Waals surface area contributed by atoms with Gasteiger partial charge in [-0.25, -0.2) is 0 Å². The van der Waals surface area contributed by atoms with Crippen LogP contribution >= 0.6 is 11.3 Å². The minimum absolute atomic E-state index is 0.133. The number of rotatable bonds is 5. The predicted molar refractivity (Wildman–Crippen MR) is 60.5 cm³/mol. The maximum atomic E-state index is 11.5. The molecule has 3 heteroatoms. The molecule has 0 fully saturated rings. The lowest BCUT2D eigenvalue weighted by atomic mass is 10.2. The summed E-state index contributed by atoms with van der Waals surface area (Å²) in [6.45, 7) is 4.18. The Morgan fingerprint density at radius 1 is 1.64 bits per heavy atom. The highest BCUT2D eigenvalue weighted by molar-refractivity contribution is 7.10. The van der Waals surface area contributed by atoms with Crippen LogP contribution in [0.2, 0.25) is 0 Å². The van der Waals surface area contributed by atoms with Crippen molar-refractivity contribution in [1.29, 1.82) is 0 Å². The Kier molecular flexibility index (Phi) is 4.66. The lowest BCUT2D eigenvalue weighted by molar-refractivity contribution is -0.121. The molecule has 0 aromatic carbocycles. The van der Waals surface area contributed by atoms with E-state index in [1.807, 2.05) is 17.5 Å².